The molecule has 8 heteroatoms. The summed E-state index contributed by atoms with van der Waals surface area (Å²) >= 11 is 18.3. The summed E-state index contributed by atoms with van der Waals surface area (Å²) in [6, 6.07) is 13.9. The summed E-state index contributed by atoms with van der Waals surface area (Å²) in [5.74, 6) is -0.755. The van der Waals surface area contributed by atoms with E-state index in [0.717, 1.165) is 10.8 Å². The maximum Gasteiger partial charge on any atom is 0.273 e. The van der Waals surface area contributed by atoms with Crippen LogP contribution in [-0.4, -0.2) is 34.8 Å². The molecule has 0 aliphatic heterocycles. The number of hydrogen-bond acceptors (Lipinski definition) is 3. The molecule has 1 aromatic heterocycles. The van der Waals surface area contributed by atoms with Crippen LogP contribution in [0.5, 0.6) is 0 Å². The molecule has 0 aliphatic carbocycles. The van der Waals surface area contributed by atoms with E-state index in [0.29, 0.717) is 28.7 Å². The number of fused-ring (bicyclic) bond motifs is 1. The van der Waals surface area contributed by atoms with E-state index in [1.165, 1.54) is 4.90 Å². The van der Waals surface area contributed by atoms with Crippen LogP contribution >= 0.6 is 34.8 Å². The van der Waals surface area contributed by atoms with Crippen molar-refractivity contribution < 1.29 is 9.59 Å². The number of nitrogens with one attached hydrogen (secondary N) is 1. The zero-order chi connectivity index (χ0) is 21.0. The number of amides is 2. The van der Waals surface area contributed by atoms with Crippen molar-refractivity contribution in [2.75, 3.05) is 18.4 Å². The van der Waals surface area contributed by atoms with Gasteiger partial charge in [0.2, 0.25) is 5.91 Å². The van der Waals surface area contributed by atoms with Crippen LogP contribution in [0.2, 0.25) is 15.2 Å². The molecule has 3 rings (SSSR count). The Hall–Kier alpha value is -2.34. The normalized spacial score (nSPS) is 10.8. The molecule has 0 bridgehead atoms. The molecule has 2 amide bonds. The first-order valence-corrected chi connectivity index (χ1v) is 10.1. The SMILES string of the molecule is CCCN(CC(=O)Nc1cc(Cl)ccc1Cl)C(=O)c1cc2ccccc2c(Cl)n1. The van der Waals surface area contributed by atoms with Gasteiger partial charge in [0.25, 0.3) is 5.91 Å². The van der Waals surface area contributed by atoms with Crippen LogP contribution in [-0.2, 0) is 4.79 Å². The molecule has 29 heavy (non-hydrogen) atoms. The van der Waals surface area contributed by atoms with Gasteiger partial charge in [0.1, 0.15) is 17.4 Å². The first-order valence-electron chi connectivity index (χ1n) is 8.98. The van der Waals surface area contributed by atoms with Gasteiger partial charge in [-0.3, -0.25) is 9.59 Å². The molecule has 3 aromatic rings. The average molecular weight is 451 g/mol. The second kappa shape index (κ2) is 9.44. The third-order valence-electron chi connectivity index (χ3n) is 4.23. The Morgan fingerprint density at radius 1 is 1.07 bits per heavy atom. The molecule has 150 valence electrons. The summed E-state index contributed by atoms with van der Waals surface area (Å²) in [5, 5.41) is 5.32. The van der Waals surface area contributed by atoms with Gasteiger partial charge in [-0.05, 0) is 36.1 Å². The van der Waals surface area contributed by atoms with Crippen LogP contribution in [0.15, 0.2) is 48.5 Å². The van der Waals surface area contributed by atoms with E-state index < -0.39 is 0 Å². The maximum absolute atomic E-state index is 13.0. The van der Waals surface area contributed by atoms with E-state index in [1.54, 1.807) is 24.3 Å². The fourth-order valence-electron chi connectivity index (χ4n) is 2.91. The van der Waals surface area contributed by atoms with Crippen molar-refractivity contribution in [3.8, 4) is 0 Å². The molecule has 1 heterocycles. The highest BCUT2D eigenvalue weighted by atomic mass is 35.5. The molecule has 0 spiro atoms. The Morgan fingerprint density at radius 3 is 2.59 bits per heavy atom. The number of carbonyl (C=O) groups is 2. The third kappa shape index (κ3) is 5.18. The second-order valence-corrected chi connectivity index (χ2v) is 7.62. The molecular weight excluding hydrogens is 433 g/mol. The summed E-state index contributed by atoms with van der Waals surface area (Å²) in [4.78, 5) is 31.2. The van der Waals surface area contributed by atoms with Gasteiger partial charge >= 0.3 is 0 Å². The highest BCUT2D eigenvalue weighted by Gasteiger charge is 2.21. The van der Waals surface area contributed by atoms with E-state index in [2.05, 4.69) is 10.3 Å². The fourth-order valence-corrected chi connectivity index (χ4v) is 3.51. The van der Waals surface area contributed by atoms with Crippen molar-refractivity contribution in [3.63, 3.8) is 0 Å². The van der Waals surface area contributed by atoms with Gasteiger partial charge in [0, 0.05) is 17.0 Å². The predicted molar refractivity (Wildman–Crippen MR) is 118 cm³/mol. The van der Waals surface area contributed by atoms with Gasteiger partial charge in [0.05, 0.1) is 10.7 Å². The molecular formula is C21H18Cl3N3O2. The smallest absolute Gasteiger partial charge is 0.273 e. The summed E-state index contributed by atoms with van der Waals surface area (Å²) in [5.41, 5.74) is 0.579. The van der Waals surface area contributed by atoms with Crippen LogP contribution in [0, 0.1) is 0 Å². The number of anilines is 1. The lowest BCUT2D eigenvalue weighted by molar-refractivity contribution is -0.116. The van der Waals surface area contributed by atoms with Crippen molar-refractivity contribution in [1.82, 2.24) is 9.88 Å². The molecule has 0 unspecified atom stereocenters. The summed E-state index contributed by atoms with van der Waals surface area (Å²) < 4.78 is 0. The first kappa shape index (κ1) is 21.4. The Balaban J connectivity index is 1.81. The Morgan fingerprint density at radius 2 is 1.83 bits per heavy atom. The zero-order valence-corrected chi connectivity index (χ0v) is 17.9. The number of halogens is 3. The number of nitrogens with zero attached hydrogens (tertiary/aromatic N) is 2. The summed E-state index contributed by atoms with van der Waals surface area (Å²) in [6.45, 7) is 2.16. The Bertz CT molecular complexity index is 1070. The lowest BCUT2D eigenvalue weighted by Crippen LogP contribution is -2.39. The van der Waals surface area contributed by atoms with Crippen molar-refractivity contribution in [1.29, 1.82) is 0 Å². The van der Waals surface area contributed by atoms with Crippen LogP contribution in [0.4, 0.5) is 5.69 Å². The minimum atomic E-state index is -0.386. The van der Waals surface area contributed by atoms with Crippen molar-refractivity contribution in [2.45, 2.75) is 13.3 Å². The number of carbonyl (C=O) groups excluding carboxylic acids is 2. The van der Waals surface area contributed by atoms with Gasteiger partial charge in [-0.15, -0.1) is 0 Å². The molecule has 5 nitrogen and oxygen atoms in total. The zero-order valence-electron chi connectivity index (χ0n) is 15.6. The van der Waals surface area contributed by atoms with Crippen molar-refractivity contribution in [3.05, 3.63) is 69.4 Å². The molecule has 0 radical (unpaired) electrons. The average Bonchev–Trinajstić information content (AvgIpc) is 2.70. The number of aromatic nitrogens is 1. The van der Waals surface area contributed by atoms with E-state index in [9.17, 15) is 9.59 Å². The van der Waals surface area contributed by atoms with Gasteiger partial charge in [-0.1, -0.05) is 66.0 Å². The van der Waals surface area contributed by atoms with Gasteiger partial charge < -0.3 is 10.2 Å². The van der Waals surface area contributed by atoms with E-state index in [4.69, 9.17) is 34.8 Å². The molecule has 0 fully saturated rings. The number of hydrogen-bond donors (Lipinski definition) is 1. The Labute approximate surface area is 183 Å². The minimum absolute atomic E-state index is 0.151. The molecule has 0 atom stereocenters. The number of pyridine rings is 1. The van der Waals surface area contributed by atoms with Gasteiger partial charge in [0.15, 0.2) is 0 Å². The monoisotopic (exact) mass is 449 g/mol. The molecule has 0 saturated carbocycles. The lowest BCUT2D eigenvalue weighted by Gasteiger charge is -2.21. The summed E-state index contributed by atoms with van der Waals surface area (Å²) in [7, 11) is 0. The second-order valence-electron chi connectivity index (χ2n) is 6.42. The molecule has 0 aliphatic rings. The topological polar surface area (TPSA) is 62.3 Å². The lowest BCUT2D eigenvalue weighted by atomic mass is 10.1. The van der Waals surface area contributed by atoms with Crippen LogP contribution in [0.25, 0.3) is 10.8 Å². The largest absolute Gasteiger partial charge is 0.328 e. The van der Waals surface area contributed by atoms with Crippen LogP contribution in [0.1, 0.15) is 23.8 Å². The molecule has 2 aromatic carbocycles. The van der Waals surface area contributed by atoms with Gasteiger partial charge in [-0.25, -0.2) is 4.98 Å². The number of benzene rings is 2. The minimum Gasteiger partial charge on any atom is -0.328 e. The van der Waals surface area contributed by atoms with E-state index >= 15 is 0 Å². The highest BCUT2D eigenvalue weighted by molar-refractivity contribution is 6.36. The van der Waals surface area contributed by atoms with Crippen LogP contribution in [0.3, 0.4) is 0 Å². The highest BCUT2D eigenvalue weighted by Crippen LogP contribution is 2.26. The third-order valence-corrected chi connectivity index (χ3v) is 5.08. The predicted octanol–water partition coefficient (Wildman–Crippen LogP) is 5.69. The van der Waals surface area contributed by atoms with Gasteiger partial charge in [-0.2, -0.15) is 0 Å². The summed E-state index contributed by atoms with van der Waals surface area (Å²) in [6.07, 6.45) is 0.679. The van der Waals surface area contributed by atoms with Crippen molar-refractivity contribution in [2.24, 2.45) is 0 Å². The quantitative estimate of drug-likeness (QED) is 0.491. The standard InChI is InChI=1S/C21H18Cl3N3O2/c1-2-9-27(12-19(28)25-17-11-14(22)7-8-16(17)23)21(29)18-10-13-5-3-4-6-15(13)20(24)26-18/h3-8,10-11H,2,9,12H2,1H3,(H,25,28). The Kier molecular flexibility index (Phi) is 6.96. The maximum atomic E-state index is 13.0. The molecule has 1 N–H and O–H groups in total. The fraction of sp³-hybridized carbons (Fsp3) is 0.190. The van der Waals surface area contributed by atoms with Crippen molar-refractivity contribution >= 4 is 63.1 Å². The van der Waals surface area contributed by atoms with E-state index in [1.807, 2.05) is 31.2 Å². The molecule has 0 saturated heterocycles. The van der Waals surface area contributed by atoms with E-state index in [-0.39, 0.29) is 29.2 Å². The van der Waals surface area contributed by atoms with Crippen LogP contribution < -0.4 is 5.32 Å². The first-order chi connectivity index (χ1) is 13.9. The number of rotatable bonds is 6.